The maximum absolute atomic E-state index is 12.0. The predicted molar refractivity (Wildman–Crippen MR) is 81.6 cm³/mol. The average Bonchev–Trinajstić information content (AvgIpc) is 2.48. The van der Waals surface area contributed by atoms with E-state index in [1.165, 1.54) is 20.1 Å². The Morgan fingerprint density at radius 2 is 2.09 bits per heavy atom. The molecule has 6 nitrogen and oxygen atoms in total. The van der Waals surface area contributed by atoms with Crippen LogP contribution in [-0.2, 0) is 11.3 Å². The first kappa shape index (κ1) is 15.9. The number of nitrogens with zero attached hydrogens (tertiary/aromatic N) is 2. The lowest BCUT2D eigenvalue weighted by molar-refractivity contribution is -0.108. The van der Waals surface area contributed by atoms with E-state index in [0.717, 1.165) is 4.68 Å². The monoisotopic (exact) mass is 320 g/mol. The Bertz CT molecular complexity index is 799. The van der Waals surface area contributed by atoms with E-state index in [-0.39, 0.29) is 18.2 Å². The quantitative estimate of drug-likeness (QED) is 0.621. The smallest absolute Gasteiger partial charge is 0.268 e. The van der Waals surface area contributed by atoms with Gasteiger partial charge in [0.1, 0.15) is 12.8 Å². The van der Waals surface area contributed by atoms with Gasteiger partial charge in [-0.1, -0.05) is 11.6 Å². The summed E-state index contributed by atoms with van der Waals surface area (Å²) in [6.07, 6.45) is 0.563. The number of hydrogen-bond donors (Lipinski definition) is 0. The highest BCUT2D eigenvalue weighted by Crippen LogP contribution is 2.32. The van der Waals surface area contributed by atoms with Crippen LogP contribution in [0.25, 0.3) is 11.1 Å². The van der Waals surface area contributed by atoms with E-state index in [1.54, 1.807) is 18.2 Å². The van der Waals surface area contributed by atoms with Crippen molar-refractivity contribution in [3.05, 3.63) is 45.2 Å². The van der Waals surface area contributed by atoms with Crippen molar-refractivity contribution in [3.8, 4) is 17.0 Å². The first-order chi connectivity index (χ1) is 10.5. The molecule has 0 aliphatic rings. The lowest BCUT2D eigenvalue weighted by Crippen LogP contribution is -2.23. The molecule has 7 heteroatoms. The number of carbonyl (C=O) groups is 2. The van der Waals surface area contributed by atoms with Gasteiger partial charge in [-0.15, -0.1) is 5.10 Å². The first-order valence-corrected chi connectivity index (χ1v) is 6.76. The fourth-order valence-electron chi connectivity index (χ4n) is 2.06. The second-order valence-electron chi connectivity index (χ2n) is 4.50. The zero-order valence-electron chi connectivity index (χ0n) is 12.0. The molecular weight excluding hydrogens is 308 g/mol. The molecule has 0 bridgehead atoms. The van der Waals surface area contributed by atoms with E-state index in [9.17, 15) is 14.4 Å². The molecule has 1 heterocycles. The molecule has 2 rings (SSSR count). The normalized spacial score (nSPS) is 10.3. The molecule has 0 fully saturated rings. The van der Waals surface area contributed by atoms with Crippen molar-refractivity contribution in [2.75, 3.05) is 7.11 Å². The molecule has 1 aromatic carbocycles. The number of ether oxygens (including phenoxy) is 1. The highest BCUT2D eigenvalue weighted by atomic mass is 35.5. The number of carbonyl (C=O) groups excluding carboxylic acids is 2. The van der Waals surface area contributed by atoms with Crippen molar-refractivity contribution in [2.45, 2.75) is 13.5 Å². The first-order valence-electron chi connectivity index (χ1n) is 6.38. The number of Topliss-reactive ketones (excluding diaryl/α,β-unsaturated/α-hetero) is 1. The summed E-state index contributed by atoms with van der Waals surface area (Å²) in [5.74, 6) is -0.0444. The topological polar surface area (TPSA) is 78.3 Å². The van der Waals surface area contributed by atoms with Crippen LogP contribution in [0.1, 0.15) is 17.3 Å². The average molecular weight is 321 g/mol. The fourth-order valence-corrected chi connectivity index (χ4v) is 2.24. The molecule has 0 aliphatic carbocycles. The van der Waals surface area contributed by atoms with Crippen LogP contribution >= 0.6 is 11.6 Å². The van der Waals surface area contributed by atoms with Crippen molar-refractivity contribution in [2.24, 2.45) is 0 Å². The third-order valence-corrected chi connectivity index (χ3v) is 3.29. The Morgan fingerprint density at radius 1 is 1.36 bits per heavy atom. The molecule has 0 aliphatic heterocycles. The molecule has 0 atom stereocenters. The van der Waals surface area contributed by atoms with Gasteiger partial charge in [0, 0.05) is 16.7 Å². The van der Waals surface area contributed by atoms with E-state index in [1.807, 2.05) is 0 Å². The van der Waals surface area contributed by atoms with Crippen LogP contribution in [0, 0.1) is 0 Å². The molecular formula is C15H13ClN2O4. The predicted octanol–water partition coefficient (Wildman–Crippen LogP) is 1.97. The van der Waals surface area contributed by atoms with Crippen molar-refractivity contribution in [1.82, 2.24) is 9.78 Å². The molecule has 2 aromatic rings. The molecule has 0 saturated heterocycles. The van der Waals surface area contributed by atoms with E-state index < -0.39 is 5.56 Å². The summed E-state index contributed by atoms with van der Waals surface area (Å²) in [6.45, 7) is 1.24. The summed E-state index contributed by atoms with van der Waals surface area (Å²) < 4.78 is 6.15. The van der Waals surface area contributed by atoms with Crippen LogP contribution in [0.4, 0.5) is 0 Å². The van der Waals surface area contributed by atoms with Gasteiger partial charge in [-0.2, -0.15) is 0 Å². The van der Waals surface area contributed by atoms with Crippen molar-refractivity contribution in [1.29, 1.82) is 0 Å². The minimum absolute atomic E-state index is 0.131. The molecule has 0 amide bonds. The van der Waals surface area contributed by atoms with E-state index >= 15 is 0 Å². The second-order valence-corrected chi connectivity index (χ2v) is 4.94. The van der Waals surface area contributed by atoms with Gasteiger partial charge in [0.25, 0.3) is 5.56 Å². The summed E-state index contributed by atoms with van der Waals surface area (Å²) >= 11 is 5.99. The third-order valence-electron chi connectivity index (χ3n) is 3.06. The van der Waals surface area contributed by atoms with Crippen molar-refractivity contribution >= 4 is 23.7 Å². The van der Waals surface area contributed by atoms with Crippen LogP contribution in [0.5, 0.6) is 5.88 Å². The Balaban J connectivity index is 2.74. The summed E-state index contributed by atoms with van der Waals surface area (Å²) in [7, 11) is 1.39. The molecule has 0 spiro atoms. The summed E-state index contributed by atoms with van der Waals surface area (Å²) in [5, 5.41) is 4.40. The number of hydrogen-bond acceptors (Lipinski definition) is 5. The molecule has 0 N–H and O–H groups in total. The number of ketones is 1. The summed E-state index contributed by atoms with van der Waals surface area (Å²) in [4.78, 5) is 34.3. The maximum Gasteiger partial charge on any atom is 0.268 e. The number of benzene rings is 1. The second kappa shape index (κ2) is 6.53. The Kier molecular flexibility index (Phi) is 4.72. The molecule has 0 saturated carbocycles. The summed E-state index contributed by atoms with van der Waals surface area (Å²) in [5.41, 5.74) is 0.733. The van der Waals surface area contributed by atoms with Gasteiger partial charge in [-0.05, 0) is 30.7 Å². The van der Waals surface area contributed by atoms with Gasteiger partial charge in [0.05, 0.1) is 12.7 Å². The minimum Gasteiger partial charge on any atom is -0.480 e. The SMILES string of the molecule is COc1nn(CC=O)c(=O)cc1-c1cc(Cl)ccc1C(C)=O. The highest BCUT2D eigenvalue weighted by Gasteiger charge is 2.17. The van der Waals surface area contributed by atoms with Gasteiger partial charge >= 0.3 is 0 Å². The zero-order chi connectivity index (χ0) is 16.3. The van der Waals surface area contributed by atoms with Gasteiger partial charge in [-0.25, -0.2) is 4.68 Å². The fraction of sp³-hybridized carbons (Fsp3) is 0.200. The van der Waals surface area contributed by atoms with E-state index in [4.69, 9.17) is 16.3 Å². The Morgan fingerprint density at radius 3 is 2.68 bits per heavy atom. The van der Waals surface area contributed by atoms with Crippen LogP contribution in [0.15, 0.2) is 29.1 Å². The Hall–Kier alpha value is -2.47. The van der Waals surface area contributed by atoms with Gasteiger partial charge in [0.2, 0.25) is 5.88 Å². The lowest BCUT2D eigenvalue weighted by atomic mass is 9.98. The Labute approximate surface area is 131 Å². The zero-order valence-corrected chi connectivity index (χ0v) is 12.8. The molecule has 114 valence electrons. The molecule has 0 radical (unpaired) electrons. The molecule has 1 aromatic heterocycles. The van der Waals surface area contributed by atoms with Crippen LogP contribution in [0.3, 0.4) is 0 Å². The standard InChI is InChI=1S/C15H13ClN2O4/c1-9(20)11-4-3-10(16)7-12(11)13-8-14(21)18(5-6-19)17-15(13)22-2/h3-4,6-8H,5H2,1-2H3. The van der Waals surface area contributed by atoms with Crippen LogP contribution < -0.4 is 10.3 Å². The maximum atomic E-state index is 12.0. The van der Waals surface area contributed by atoms with Gasteiger partial charge in [0.15, 0.2) is 5.78 Å². The number of methoxy groups -OCH3 is 1. The highest BCUT2D eigenvalue weighted by molar-refractivity contribution is 6.31. The number of aldehydes is 1. The van der Waals surface area contributed by atoms with Gasteiger partial charge < -0.3 is 9.53 Å². The van der Waals surface area contributed by atoms with Gasteiger partial charge in [-0.3, -0.25) is 9.59 Å². The molecule has 22 heavy (non-hydrogen) atoms. The van der Waals surface area contributed by atoms with E-state index in [0.29, 0.717) is 28.0 Å². The van der Waals surface area contributed by atoms with Crippen LogP contribution in [0.2, 0.25) is 5.02 Å². The number of halogens is 1. The lowest BCUT2D eigenvalue weighted by Gasteiger charge is -2.12. The number of aromatic nitrogens is 2. The van der Waals surface area contributed by atoms with E-state index in [2.05, 4.69) is 5.10 Å². The van der Waals surface area contributed by atoms with Crippen molar-refractivity contribution in [3.63, 3.8) is 0 Å². The minimum atomic E-state index is -0.475. The number of rotatable bonds is 5. The summed E-state index contributed by atoms with van der Waals surface area (Å²) in [6, 6.07) is 6.01. The third kappa shape index (κ3) is 3.07. The largest absolute Gasteiger partial charge is 0.480 e. The van der Waals surface area contributed by atoms with Crippen LogP contribution in [-0.4, -0.2) is 29.0 Å². The van der Waals surface area contributed by atoms with Crippen molar-refractivity contribution < 1.29 is 14.3 Å². The molecule has 0 unspecified atom stereocenters.